The quantitative estimate of drug-likeness (QED) is 0.858. The second-order valence-corrected chi connectivity index (χ2v) is 5.84. The third kappa shape index (κ3) is 2.32. The Labute approximate surface area is 110 Å². The van der Waals surface area contributed by atoms with Gasteiger partial charge in [0.15, 0.2) is 0 Å². The van der Waals surface area contributed by atoms with Crippen LogP contribution < -0.4 is 11.1 Å². The van der Waals surface area contributed by atoms with E-state index in [0.717, 1.165) is 6.54 Å². The van der Waals surface area contributed by atoms with Crippen molar-refractivity contribution in [1.29, 1.82) is 0 Å². The van der Waals surface area contributed by atoms with Gasteiger partial charge in [0.1, 0.15) is 0 Å². The third-order valence-electron chi connectivity index (χ3n) is 4.76. The van der Waals surface area contributed by atoms with Crippen molar-refractivity contribution in [2.24, 2.45) is 11.7 Å². The number of nitrogens with one attached hydrogen (secondary N) is 1. The van der Waals surface area contributed by atoms with Gasteiger partial charge in [0.25, 0.3) is 0 Å². The highest BCUT2D eigenvalue weighted by molar-refractivity contribution is 5.34. The maximum Gasteiger partial charge on any atom is 0.0328 e. The number of aryl methyl sites for hydroxylation is 1. The van der Waals surface area contributed by atoms with Crippen molar-refractivity contribution in [3.8, 4) is 0 Å². The number of hydrogen-bond acceptors (Lipinski definition) is 2. The lowest BCUT2D eigenvalue weighted by molar-refractivity contribution is 0.247. The summed E-state index contributed by atoms with van der Waals surface area (Å²) < 4.78 is 0. The van der Waals surface area contributed by atoms with Crippen molar-refractivity contribution in [2.75, 3.05) is 6.54 Å². The van der Waals surface area contributed by atoms with Gasteiger partial charge in [-0.3, -0.25) is 0 Å². The zero-order valence-electron chi connectivity index (χ0n) is 11.1. The van der Waals surface area contributed by atoms with Gasteiger partial charge in [-0.25, -0.2) is 0 Å². The van der Waals surface area contributed by atoms with E-state index in [1.54, 1.807) is 0 Å². The topological polar surface area (TPSA) is 38.0 Å². The first-order chi connectivity index (χ1) is 8.88. The molecule has 2 heteroatoms. The van der Waals surface area contributed by atoms with Crippen molar-refractivity contribution in [2.45, 2.75) is 50.6 Å². The Morgan fingerprint density at radius 2 is 1.94 bits per heavy atom. The minimum atomic E-state index is 0.568. The number of fused-ring (bicyclic) bond motifs is 1. The molecule has 0 spiro atoms. The van der Waals surface area contributed by atoms with E-state index in [1.807, 2.05) is 0 Å². The molecule has 3 N–H and O–H groups in total. The van der Waals surface area contributed by atoms with Crippen molar-refractivity contribution in [1.82, 2.24) is 5.32 Å². The standard InChI is InChI=1S/C16H24N2/c17-11-13-6-2-4-8-15(13)18-16-10-9-12-5-1-3-7-14(12)16/h1,3,5,7,13,15-16,18H,2,4,6,8-11,17H2. The molecule has 0 amide bonds. The van der Waals surface area contributed by atoms with E-state index in [1.165, 1.54) is 49.7 Å². The lowest BCUT2D eigenvalue weighted by Crippen LogP contribution is -2.43. The molecule has 98 valence electrons. The molecule has 2 aliphatic carbocycles. The van der Waals surface area contributed by atoms with Crippen LogP contribution >= 0.6 is 0 Å². The van der Waals surface area contributed by atoms with Gasteiger partial charge >= 0.3 is 0 Å². The molecule has 1 saturated carbocycles. The smallest absolute Gasteiger partial charge is 0.0328 e. The Morgan fingerprint density at radius 1 is 1.11 bits per heavy atom. The molecule has 3 rings (SSSR count). The average molecular weight is 244 g/mol. The summed E-state index contributed by atoms with van der Waals surface area (Å²) in [6.45, 7) is 0.839. The molecule has 0 aliphatic heterocycles. The van der Waals surface area contributed by atoms with Crippen LogP contribution in [0.4, 0.5) is 0 Å². The molecule has 3 unspecified atom stereocenters. The number of nitrogens with two attached hydrogens (primary N) is 1. The van der Waals surface area contributed by atoms with E-state index >= 15 is 0 Å². The van der Waals surface area contributed by atoms with E-state index < -0.39 is 0 Å². The van der Waals surface area contributed by atoms with E-state index in [0.29, 0.717) is 18.0 Å². The average Bonchev–Trinajstić information content (AvgIpc) is 2.83. The van der Waals surface area contributed by atoms with Gasteiger partial charge < -0.3 is 11.1 Å². The van der Waals surface area contributed by atoms with Crippen molar-refractivity contribution >= 4 is 0 Å². The summed E-state index contributed by atoms with van der Waals surface area (Å²) in [5.74, 6) is 0.687. The highest BCUT2D eigenvalue weighted by Gasteiger charge is 2.29. The first-order valence-corrected chi connectivity index (χ1v) is 7.42. The van der Waals surface area contributed by atoms with Crippen molar-refractivity contribution in [3.63, 3.8) is 0 Å². The molecule has 0 radical (unpaired) electrons. The highest BCUT2D eigenvalue weighted by atomic mass is 15.0. The molecule has 2 aliphatic rings. The van der Waals surface area contributed by atoms with Gasteiger partial charge in [0.2, 0.25) is 0 Å². The first kappa shape index (κ1) is 12.2. The Balaban J connectivity index is 1.70. The maximum atomic E-state index is 5.92. The molecule has 0 bridgehead atoms. The summed E-state index contributed by atoms with van der Waals surface area (Å²) >= 11 is 0. The van der Waals surface area contributed by atoms with Gasteiger partial charge in [0, 0.05) is 12.1 Å². The number of rotatable bonds is 3. The number of hydrogen-bond donors (Lipinski definition) is 2. The van der Waals surface area contributed by atoms with Crippen LogP contribution in [0.25, 0.3) is 0 Å². The van der Waals surface area contributed by atoms with Crippen molar-refractivity contribution in [3.05, 3.63) is 35.4 Å². The lowest BCUT2D eigenvalue weighted by Gasteiger charge is -2.34. The molecule has 1 fully saturated rings. The summed E-state index contributed by atoms with van der Waals surface area (Å²) in [5.41, 5.74) is 8.99. The number of benzene rings is 1. The predicted octanol–water partition coefficient (Wildman–Crippen LogP) is 2.78. The van der Waals surface area contributed by atoms with Crippen LogP contribution in [0.1, 0.15) is 49.3 Å². The fraction of sp³-hybridized carbons (Fsp3) is 0.625. The molecule has 0 heterocycles. The second kappa shape index (κ2) is 5.41. The molecular weight excluding hydrogens is 220 g/mol. The Morgan fingerprint density at radius 3 is 2.83 bits per heavy atom. The predicted molar refractivity (Wildman–Crippen MR) is 75.4 cm³/mol. The third-order valence-corrected chi connectivity index (χ3v) is 4.76. The Kier molecular flexibility index (Phi) is 3.67. The molecule has 0 aromatic heterocycles. The van der Waals surface area contributed by atoms with E-state index in [-0.39, 0.29) is 0 Å². The molecule has 1 aromatic rings. The first-order valence-electron chi connectivity index (χ1n) is 7.42. The van der Waals surface area contributed by atoms with Crippen molar-refractivity contribution < 1.29 is 0 Å². The van der Waals surface area contributed by atoms with E-state index in [2.05, 4.69) is 29.6 Å². The summed E-state index contributed by atoms with van der Waals surface area (Å²) in [6.07, 6.45) is 7.83. The van der Waals surface area contributed by atoms with Gasteiger partial charge in [-0.1, -0.05) is 37.1 Å². The molecule has 18 heavy (non-hydrogen) atoms. The summed E-state index contributed by atoms with van der Waals surface area (Å²) in [7, 11) is 0. The zero-order valence-corrected chi connectivity index (χ0v) is 11.1. The van der Waals surface area contributed by atoms with Crippen LogP contribution in [-0.4, -0.2) is 12.6 Å². The Hall–Kier alpha value is -0.860. The fourth-order valence-electron chi connectivity index (χ4n) is 3.70. The van der Waals surface area contributed by atoms with Crippen LogP contribution in [-0.2, 0) is 6.42 Å². The molecule has 1 aromatic carbocycles. The lowest BCUT2D eigenvalue weighted by atomic mass is 9.84. The summed E-state index contributed by atoms with van der Waals surface area (Å²) in [5, 5.41) is 3.90. The summed E-state index contributed by atoms with van der Waals surface area (Å²) in [4.78, 5) is 0. The van der Waals surface area contributed by atoms with Crippen LogP contribution in [0.5, 0.6) is 0 Å². The molecule has 3 atom stereocenters. The van der Waals surface area contributed by atoms with Crippen LogP contribution in [0, 0.1) is 5.92 Å². The van der Waals surface area contributed by atoms with Gasteiger partial charge in [-0.15, -0.1) is 0 Å². The second-order valence-electron chi connectivity index (χ2n) is 5.84. The monoisotopic (exact) mass is 244 g/mol. The van der Waals surface area contributed by atoms with Crippen LogP contribution in [0.2, 0.25) is 0 Å². The Bertz CT molecular complexity index is 402. The largest absolute Gasteiger partial charge is 0.330 e. The van der Waals surface area contributed by atoms with Gasteiger partial charge in [-0.2, -0.15) is 0 Å². The maximum absolute atomic E-state index is 5.92. The SMILES string of the molecule is NCC1CCCCC1NC1CCc2ccccc21. The molecular formula is C16H24N2. The normalized spacial score (nSPS) is 31.3. The minimum Gasteiger partial charge on any atom is -0.330 e. The van der Waals surface area contributed by atoms with Gasteiger partial charge in [-0.05, 0) is 49.3 Å². The molecule has 0 saturated heterocycles. The van der Waals surface area contributed by atoms with Crippen LogP contribution in [0.15, 0.2) is 24.3 Å². The van der Waals surface area contributed by atoms with E-state index in [4.69, 9.17) is 5.73 Å². The fourth-order valence-corrected chi connectivity index (χ4v) is 3.70. The van der Waals surface area contributed by atoms with E-state index in [9.17, 15) is 0 Å². The minimum absolute atomic E-state index is 0.568. The highest BCUT2D eigenvalue weighted by Crippen LogP contribution is 2.33. The molecule has 2 nitrogen and oxygen atoms in total. The van der Waals surface area contributed by atoms with Gasteiger partial charge in [0.05, 0.1) is 0 Å². The van der Waals surface area contributed by atoms with Crippen LogP contribution in [0.3, 0.4) is 0 Å². The zero-order chi connectivity index (χ0) is 12.4. The summed E-state index contributed by atoms with van der Waals surface area (Å²) in [6, 6.07) is 10.1.